The molecule has 0 radical (unpaired) electrons. The fraction of sp³-hybridized carbons (Fsp3) is 0.375. The van der Waals surface area contributed by atoms with Gasteiger partial charge in [0, 0.05) is 32.5 Å². The first-order valence-electron chi connectivity index (χ1n) is 11.7. The highest BCUT2D eigenvalue weighted by atomic mass is 32.1. The topological polar surface area (TPSA) is 117 Å². The molecule has 12 heteroatoms. The molecule has 4 aromatic heterocycles. The van der Waals surface area contributed by atoms with Crippen molar-refractivity contribution in [3.63, 3.8) is 0 Å². The molecule has 0 fully saturated rings. The first-order chi connectivity index (χ1) is 17.1. The first-order valence-corrected chi connectivity index (χ1v) is 16.2. The van der Waals surface area contributed by atoms with Gasteiger partial charge in [-0.2, -0.15) is 10.2 Å². The Hall–Kier alpha value is -3.35. The van der Waals surface area contributed by atoms with Crippen LogP contribution in [0.25, 0.3) is 32.2 Å². The molecule has 0 amide bonds. The lowest BCUT2D eigenvalue weighted by molar-refractivity contribution is -0.136. The van der Waals surface area contributed by atoms with Crippen LogP contribution in [0.1, 0.15) is 10.6 Å². The number of carboxylic acids is 1. The normalized spacial score (nSPS) is 12.3. The summed E-state index contributed by atoms with van der Waals surface area (Å²) in [6.45, 7) is 8.38. The Bertz CT molecular complexity index is 1660. The zero-order chi connectivity index (χ0) is 25.6. The van der Waals surface area contributed by atoms with E-state index in [1.54, 1.807) is 17.8 Å². The Morgan fingerprint density at radius 1 is 1.14 bits per heavy atom. The van der Waals surface area contributed by atoms with E-state index < -0.39 is 14.0 Å². The second-order valence-corrected chi connectivity index (χ2v) is 16.8. The van der Waals surface area contributed by atoms with Gasteiger partial charge in [0.2, 0.25) is 0 Å². The van der Waals surface area contributed by atoms with Crippen LogP contribution in [0, 0.1) is 0 Å². The highest BCUT2D eigenvalue weighted by Crippen LogP contribution is 2.31. The van der Waals surface area contributed by atoms with Crippen LogP contribution >= 0.6 is 11.3 Å². The SMILES string of the molecule is Cn1c2nc(CC(=O)O)sc2c2cnn(Cc3cccc4c3cnn4COCC[Si](C)(C)C)c(=O)c21. The number of carboxylic acid groups (broad SMARTS) is 1. The van der Waals surface area contributed by atoms with Crippen LogP contribution in [-0.4, -0.2) is 54.9 Å². The highest BCUT2D eigenvalue weighted by Gasteiger charge is 2.20. The molecule has 5 aromatic rings. The molecule has 36 heavy (non-hydrogen) atoms. The van der Waals surface area contributed by atoms with E-state index in [9.17, 15) is 9.59 Å². The van der Waals surface area contributed by atoms with Crippen molar-refractivity contribution in [1.29, 1.82) is 0 Å². The molecular weight excluding hydrogens is 496 g/mol. The molecule has 0 aliphatic heterocycles. The maximum absolute atomic E-state index is 13.4. The number of thiazole rings is 1. The van der Waals surface area contributed by atoms with E-state index in [-0.39, 0.29) is 12.0 Å². The average molecular weight is 525 g/mol. The van der Waals surface area contributed by atoms with Crippen LogP contribution in [0.4, 0.5) is 0 Å². The van der Waals surface area contributed by atoms with Crippen LogP contribution in [0.5, 0.6) is 0 Å². The number of carbonyl (C=O) groups is 1. The van der Waals surface area contributed by atoms with Crippen molar-refractivity contribution in [2.75, 3.05) is 6.61 Å². The molecule has 0 saturated heterocycles. The van der Waals surface area contributed by atoms with Crippen molar-refractivity contribution >= 4 is 57.5 Å². The summed E-state index contributed by atoms with van der Waals surface area (Å²) in [6.07, 6.45) is 3.33. The van der Waals surface area contributed by atoms with Crippen molar-refractivity contribution in [1.82, 2.24) is 29.1 Å². The number of benzene rings is 1. The Morgan fingerprint density at radius 2 is 1.89 bits per heavy atom. The smallest absolute Gasteiger partial charge is 0.310 e. The summed E-state index contributed by atoms with van der Waals surface area (Å²) >= 11 is 1.29. The fourth-order valence-corrected chi connectivity index (χ4v) is 6.10. The maximum atomic E-state index is 13.4. The van der Waals surface area contributed by atoms with Gasteiger partial charge < -0.3 is 14.4 Å². The number of hydrogen-bond acceptors (Lipinski definition) is 7. The molecule has 5 rings (SSSR count). The number of aliphatic carboxylic acids is 1. The molecular formula is C24H28N6O4SSi. The van der Waals surface area contributed by atoms with Gasteiger partial charge >= 0.3 is 5.97 Å². The minimum Gasteiger partial charge on any atom is -0.481 e. The molecule has 0 bridgehead atoms. The third kappa shape index (κ3) is 4.59. The summed E-state index contributed by atoms with van der Waals surface area (Å²) in [7, 11) is 0.618. The molecule has 1 aromatic carbocycles. The van der Waals surface area contributed by atoms with E-state index in [4.69, 9.17) is 9.84 Å². The van der Waals surface area contributed by atoms with Crippen LogP contribution in [0.2, 0.25) is 25.7 Å². The fourth-order valence-electron chi connectivity index (χ4n) is 4.24. The van der Waals surface area contributed by atoms with Crippen molar-refractivity contribution in [3.05, 3.63) is 51.5 Å². The van der Waals surface area contributed by atoms with Gasteiger partial charge in [-0.3, -0.25) is 9.59 Å². The van der Waals surface area contributed by atoms with E-state index in [1.165, 1.54) is 16.0 Å². The third-order valence-corrected chi connectivity index (χ3v) is 8.96. The summed E-state index contributed by atoms with van der Waals surface area (Å²) in [5.41, 5.74) is 2.76. The summed E-state index contributed by atoms with van der Waals surface area (Å²) in [6, 6.07) is 7.02. The lowest BCUT2D eigenvalue weighted by atomic mass is 10.1. The maximum Gasteiger partial charge on any atom is 0.310 e. The van der Waals surface area contributed by atoms with Crippen LogP contribution in [0.15, 0.2) is 35.4 Å². The molecule has 0 aliphatic carbocycles. The molecule has 188 valence electrons. The second-order valence-electron chi connectivity index (χ2n) is 10.1. The van der Waals surface area contributed by atoms with Gasteiger partial charge in [-0.05, 0) is 17.7 Å². The third-order valence-electron chi connectivity index (χ3n) is 6.18. The van der Waals surface area contributed by atoms with Gasteiger partial charge in [0.05, 0.1) is 35.6 Å². The zero-order valence-electron chi connectivity index (χ0n) is 20.7. The summed E-state index contributed by atoms with van der Waals surface area (Å²) in [5, 5.41) is 20.2. The van der Waals surface area contributed by atoms with E-state index >= 15 is 0 Å². The molecule has 0 saturated carbocycles. The van der Waals surface area contributed by atoms with E-state index in [2.05, 4.69) is 34.8 Å². The van der Waals surface area contributed by atoms with Crippen LogP contribution < -0.4 is 5.56 Å². The molecule has 0 atom stereocenters. The number of aromatic nitrogens is 6. The Balaban J connectivity index is 1.43. The zero-order valence-corrected chi connectivity index (χ0v) is 22.5. The number of fused-ring (bicyclic) bond motifs is 4. The number of rotatable bonds is 9. The number of aryl methyl sites for hydroxylation is 1. The summed E-state index contributed by atoms with van der Waals surface area (Å²) in [4.78, 5) is 28.9. The van der Waals surface area contributed by atoms with Crippen molar-refractivity contribution < 1.29 is 14.6 Å². The second kappa shape index (κ2) is 9.26. The Morgan fingerprint density at radius 3 is 2.64 bits per heavy atom. The first kappa shape index (κ1) is 24.3. The van der Waals surface area contributed by atoms with Crippen LogP contribution in [-0.2, 0) is 36.3 Å². The van der Waals surface area contributed by atoms with E-state index in [0.29, 0.717) is 34.8 Å². The number of hydrogen-bond donors (Lipinski definition) is 1. The van der Waals surface area contributed by atoms with Gasteiger partial charge in [0.25, 0.3) is 5.56 Å². The van der Waals surface area contributed by atoms with E-state index in [0.717, 1.165) is 33.8 Å². The average Bonchev–Trinajstić information content (AvgIpc) is 3.47. The van der Waals surface area contributed by atoms with Gasteiger partial charge in [0.1, 0.15) is 17.3 Å². The molecule has 1 N–H and O–H groups in total. The number of ether oxygens (including phenoxy) is 1. The largest absolute Gasteiger partial charge is 0.481 e. The highest BCUT2D eigenvalue weighted by molar-refractivity contribution is 7.19. The molecule has 0 spiro atoms. The van der Waals surface area contributed by atoms with Gasteiger partial charge in [-0.1, -0.05) is 31.8 Å². The van der Waals surface area contributed by atoms with Gasteiger partial charge in [-0.15, -0.1) is 11.3 Å². The molecule has 4 heterocycles. The lowest BCUT2D eigenvalue weighted by Gasteiger charge is -2.15. The Labute approximate surface area is 211 Å². The predicted molar refractivity (Wildman–Crippen MR) is 142 cm³/mol. The van der Waals surface area contributed by atoms with Gasteiger partial charge in [-0.25, -0.2) is 14.3 Å². The van der Waals surface area contributed by atoms with Gasteiger partial charge in [0.15, 0.2) is 5.65 Å². The van der Waals surface area contributed by atoms with Crippen LogP contribution in [0.3, 0.4) is 0 Å². The van der Waals surface area contributed by atoms with Crippen molar-refractivity contribution in [3.8, 4) is 0 Å². The summed E-state index contributed by atoms with van der Waals surface area (Å²) in [5.74, 6) is -0.936. The standard InChI is InChI=1S/C24H28N6O4SSi/c1-28-21-17(22-23(28)27-19(35-22)10-20(31)32)12-25-29(24(21)33)13-15-6-5-7-18-16(15)11-26-30(18)14-34-8-9-36(2,3)4/h5-7,11-12H,8-10,13-14H2,1-4H3,(H,31,32). The quantitative estimate of drug-likeness (QED) is 0.231. The predicted octanol–water partition coefficient (Wildman–Crippen LogP) is 3.68. The monoisotopic (exact) mass is 524 g/mol. The van der Waals surface area contributed by atoms with Crippen molar-refractivity contribution in [2.24, 2.45) is 7.05 Å². The van der Waals surface area contributed by atoms with Crippen molar-refractivity contribution in [2.45, 2.75) is 45.4 Å². The Kier molecular flexibility index (Phi) is 6.26. The molecule has 0 unspecified atom stereocenters. The molecule has 10 nitrogen and oxygen atoms in total. The molecule has 0 aliphatic rings. The lowest BCUT2D eigenvalue weighted by Crippen LogP contribution is -2.24. The minimum absolute atomic E-state index is 0.146. The van der Waals surface area contributed by atoms with E-state index in [1.807, 2.05) is 29.1 Å². The summed E-state index contributed by atoms with van der Waals surface area (Å²) < 4.78 is 11.7. The number of nitrogens with zero attached hydrogens (tertiary/aromatic N) is 6. The minimum atomic E-state index is -1.15.